The molecular formula is C92H89ClF2N20O12S. The summed E-state index contributed by atoms with van der Waals surface area (Å²) < 4.78 is 38.2. The maximum atomic E-state index is 14.4. The van der Waals surface area contributed by atoms with Crippen molar-refractivity contribution in [2.24, 2.45) is 0 Å². The van der Waals surface area contributed by atoms with E-state index in [1.54, 1.807) is 117 Å². The van der Waals surface area contributed by atoms with Crippen molar-refractivity contribution in [3.63, 3.8) is 0 Å². The molecule has 32 nitrogen and oxygen atoms in total. The first-order valence-electron chi connectivity index (χ1n) is 41.0. The molecule has 6 N–H and O–H groups in total. The Morgan fingerprint density at radius 3 is 1.05 bits per heavy atom. The van der Waals surface area contributed by atoms with Gasteiger partial charge in [-0.2, -0.15) is 30.6 Å². The van der Waals surface area contributed by atoms with Gasteiger partial charge in [0.15, 0.2) is 68.0 Å². The number of hydrogen-bond acceptors (Lipinski definition) is 21. The zero-order valence-corrected chi connectivity index (χ0v) is 72.9. The van der Waals surface area contributed by atoms with Gasteiger partial charge in [0.2, 0.25) is 0 Å². The van der Waals surface area contributed by atoms with Crippen LogP contribution in [0.4, 0.5) is 20.2 Å². The minimum Gasteiger partial charge on any atom is -0.477 e. The van der Waals surface area contributed by atoms with Gasteiger partial charge in [0.25, 0.3) is 0 Å². The lowest BCUT2D eigenvalue weighted by Crippen LogP contribution is -2.08. The number of hydrogen-bond donors (Lipinski definition) is 6. The van der Waals surface area contributed by atoms with Crippen LogP contribution in [0.5, 0.6) is 0 Å². The summed E-state index contributed by atoms with van der Waals surface area (Å²) in [6.45, 7) is 11.7. The molecule has 0 saturated heterocycles. The van der Waals surface area contributed by atoms with Crippen LogP contribution in [0, 0.1) is 11.6 Å². The van der Waals surface area contributed by atoms with Gasteiger partial charge in [-0.05, 0) is 148 Å². The highest BCUT2D eigenvalue weighted by molar-refractivity contribution is 7.13. The average molecular weight is 1770 g/mol. The van der Waals surface area contributed by atoms with Crippen LogP contribution in [-0.2, 0) is 38.5 Å². The van der Waals surface area contributed by atoms with Gasteiger partial charge in [-0.25, -0.2) is 94.5 Å². The fourth-order valence-electron chi connectivity index (χ4n) is 14.3. The lowest BCUT2D eigenvalue weighted by molar-refractivity contribution is 0.0680. The summed E-state index contributed by atoms with van der Waals surface area (Å²) in [4.78, 5) is 96.4. The molecule has 0 bridgehead atoms. The molecule has 13 aromatic heterocycles. The third-order valence-electron chi connectivity index (χ3n) is 21.0. The highest BCUT2D eigenvalue weighted by Gasteiger charge is 2.25. The first-order valence-corrected chi connectivity index (χ1v) is 42.3. The Bertz CT molecular complexity index is 6880. The van der Waals surface area contributed by atoms with Crippen molar-refractivity contribution in [3.8, 4) is 55.6 Å². The maximum absolute atomic E-state index is 14.4. The van der Waals surface area contributed by atoms with Gasteiger partial charge in [0.1, 0.15) is 17.3 Å². The minimum absolute atomic E-state index is 0.0185. The van der Waals surface area contributed by atoms with Gasteiger partial charge in [-0.3, -0.25) is 0 Å². The molecule has 1 aliphatic rings. The SMILES string of the molecule is CCc1cc(C(=O)O)nc2cc(-c3ccc(N(C)C)cc3)nn12.CCc1cc(C(=O)O)nc2cc(-c3ccc(N(C)C)cc3F)nn12.CCc1cc(C(=O)O)nc2cc(-c3ccccc3Cl)nn12.CCc1cc(C(=O)O)nc2cc(-c3ccccc3F)nn12.CCc1cc(C(=O)O)nc2cc(-c3cccs3)nn12.CCc1cc(C(=O)O)nc2cc(C3CCCCC3)nn12. The summed E-state index contributed by atoms with van der Waals surface area (Å²) in [5.41, 5.74) is 16.5. The number of rotatable bonds is 20. The van der Waals surface area contributed by atoms with Crippen LogP contribution in [0.1, 0.15) is 182 Å². The van der Waals surface area contributed by atoms with Crippen molar-refractivity contribution in [1.29, 1.82) is 0 Å². The van der Waals surface area contributed by atoms with E-state index >= 15 is 0 Å². The van der Waals surface area contributed by atoms with Gasteiger partial charge in [0, 0.05) is 138 Å². The number of nitrogens with zero attached hydrogens (tertiary/aromatic N) is 20. The molecule has 1 saturated carbocycles. The van der Waals surface area contributed by atoms with Crippen LogP contribution in [0.15, 0.2) is 181 Å². The van der Waals surface area contributed by atoms with Crippen molar-refractivity contribution < 1.29 is 68.2 Å². The van der Waals surface area contributed by atoms with E-state index in [1.165, 1.54) is 56.4 Å². The van der Waals surface area contributed by atoms with E-state index in [4.69, 9.17) is 37.1 Å². The molecule has 0 spiro atoms. The van der Waals surface area contributed by atoms with Gasteiger partial charge in [-0.15, -0.1) is 11.3 Å². The fraction of sp³-hybridized carbons (Fsp3) is 0.239. The van der Waals surface area contributed by atoms with Crippen LogP contribution in [0.2, 0.25) is 5.02 Å². The van der Waals surface area contributed by atoms with Crippen LogP contribution in [-0.4, -0.2) is 182 Å². The summed E-state index contributed by atoms with van der Waals surface area (Å²) >= 11 is 7.77. The monoisotopic (exact) mass is 1770 g/mol. The van der Waals surface area contributed by atoms with Crippen molar-refractivity contribution in [3.05, 3.63) is 272 Å². The Morgan fingerprint density at radius 2 is 0.688 bits per heavy atom. The van der Waals surface area contributed by atoms with E-state index in [0.29, 0.717) is 117 Å². The van der Waals surface area contributed by atoms with Crippen molar-refractivity contribution in [1.82, 2.24) is 87.6 Å². The summed E-state index contributed by atoms with van der Waals surface area (Å²) in [5.74, 6) is -6.54. The van der Waals surface area contributed by atoms with E-state index in [9.17, 15) is 42.7 Å². The number of benzene rings is 4. The average Bonchev–Trinajstić information content (AvgIpc) is 1.64. The Balaban J connectivity index is 0.000000131. The number of carboxylic acid groups (broad SMARTS) is 6. The first kappa shape index (κ1) is 90.6. The molecule has 0 unspecified atom stereocenters. The Hall–Kier alpha value is -15.1. The summed E-state index contributed by atoms with van der Waals surface area (Å²) in [6.07, 6.45) is 10.1. The number of aromatic carboxylic acids is 6. The van der Waals surface area contributed by atoms with Gasteiger partial charge in [0.05, 0.1) is 38.4 Å². The zero-order chi connectivity index (χ0) is 91.5. The van der Waals surface area contributed by atoms with Crippen LogP contribution in [0.3, 0.4) is 0 Å². The van der Waals surface area contributed by atoms with Gasteiger partial charge >= 0.3 is 35.8 Å². The predicted octanol–water partition coefficient (Wildman–Crippen LogP) is 17.4. The molecule has 17 aromatic rings. The predicted molar refractivity (Wildman–Crippen MR) is 480 cm³/mol. The third-order valence-corrected chi connectivity index (χ3v) is 22.3. The Morgan fingerprint density at radius 1 is 0.359 bits per heavy atom. The molecule has 18 rings (SSSR count). The van der Waals surface area contributed by atoms with E-state index in [1.807, 2.05) is 158 Å². The molecule has 13 heterocycles. The summed E-state index contributed by atoms with van der Waals surface area (Å²) in [7, 11) is 7.66. The normalized spacial score (nSPS) is 11.9. The number of fused-ring (bicyclic) bond motifs is 6. The number of thiophene rings is 1. The molecule has 0 radical (unpaired) electrons. The summed E-state index contributed by atoms with van der Waals surface area (Å²) in [6, 6.07) is 50.4. The fourth-order valence-corrected chi connectivity index (χ4v) is 15.3. The molecule has 4 aromatic carbocycles. The maximum Gasteiger partial charge on any atom is 0.354 e. The number of halogens is 3. The molecule has 0 atom stereocenters. The lowest BCUT2D eigenvalue weighted by Gasteiger charge is -2.19. The van der Waals surface area contributed by atoms with Gasteiger partial charge < -0.3 is 40.4 Å². The smallest absolute Gasteiger partial charge is 0.354 e. The van der Waals surface area contributed by atoms with Crippen LogP contribution >= 0.6 is 22.9 Å². The van der Waals surface area contributed by atoms with E-state index in [-0.39, 0.29) is 45.8 Å². The molecule has 0 amide bonds. The van der Waals surface area contributed by atoms with Crippen LogP contribution < -0.4 is 9.80 Å². The van der Waals surface area contributed by atoms with Gasteiger partial charge in [-0.1, -0.05) is 121 Å². The molecule has 1 aliphatic carbocycles. The third kappa shape index (κ3) is 20.3. The molecule has 656 valence electrons. The molecule has 1 fully saturated rings. The van der Waals surface area contributed by atoms with E-state index in [2.05, 4.69) is 60.5 Å². The van der Waals surface area contributed by atoms with E-state index < -0.39 is 35.8 Å². The minimum atomic E-state index is -1.10. The molecule has 0 aliphatic heterocycles. The van der Waals surface area contributed by atoms with Crippen molar-refractivity contribution in [2.45, 2.75) is 118 Å². The molecule has 128 heavy (non-hydrogen) atoms. The zero-order valence-electron chi connectivity index (χ0n) is 71.3. The largest absolute Gasteiger partial charge is 0.477 e. The Labute approximate surface area is 739 Å². The Kier molecular flexibility index (Phi) is 28.2. The highest BCUT2D eigenvalue weighted by atomic mass is 35.5. The second kappa shape index (κ2) is 39.8. The molecule has 36 heteroatoms. The second-order valence-corrected chi connectivity index (χ2v) is 31.2. The van der Waals surface area contributed by atoms with Crippen molar-refractivity contribution in [2.75, 3.05) is 38.0 Å². The number of aryl methyl sites for hydroxylation is 6. The number of carbonyl (C=O) groups is 6. The standard InChI is InChI=1S/C17H17FN4O2.C17H18N4O2.C15H12ClN3O2.C15H12FN3O2.C15H19N3O2.C13H11N3O2S/c1-4-10-8-15(17(23)24)19-16-9-14(20-22(10)16)12-6-5-11(21(2)3)7-13(12)18;1-4-12-9-15(17(22)23)18-16-10-14(19-21(12)16)11-5-7-13(8-6-11)20(2)3;2*1-2-9-7-13(15(20)21)17-14-8-12(18-19(9)14)10-5-3-4-6-11(10)16;1-2-11-8-13(15(19)20)16-14-9-12(17-18(11)14)10-6-4-3-5-7-10;1-2-8-6-10(13(17)18)14-12-7-9(15-16(8)12)11-4-3-5-19-11/h5-9H,4H2,1-3H3,(H,23,24);5-10H,4H2,1-3H3,(H,22,23);2*3-8H,2H2,1H3,(H,20,21);8-10H,2-7H2,1H3,(H,19,20);3-7H,2H2,1H3,(H,17,18). The van der Waals surface area contributed by atoms with Crippen LogP contribution in [0.25, 0.3) is 89.5 Å². The second-order valence-electron chi connectivity index (χ2n) is 29.9. The van der Waals surface area contributed by atoms with Crippen molar-refractivity contribution >= 4 is 104 Å². The first-order chi connectivity index (χ1) is 61.5. The molecular weight excluding hydrogens is 1680 g/mol. The lowest BCUT2D eigenvalue weighted by atomic mass is 9.87. The number of anilines is 2. The number of carboxylic acids is 6. The topological polar surface area (TPSA) is 411 Å². The van der Waals surface area contributed by atoms with E-state index in [0.717, 1.165) is 73.7 Å². The number of aromatic nitrogens is 18. The summed E-state index contributed by atoms with van der Waals surface area (Å²) in [5, 5.41) is 84.3. The highest BCUT2D eigenvalue weighted by Crippen LogP contribution is 2.35. The quantitative estimate of drug-likeness (QED) is 0.0413.